The van der Waals surface area contributed by atoms with Crippen molar-refractivity contribution in [1.82, 2.24) is 15.0 Å². The van der Waals surface area contributed by atoms with E-state index in [2.05, 4.69) is 31.7 Å². The Hall–Kier alpha value is -2.69. The highest BCUT2D eigenvalue weighted by atomic mass is 15.1. The first-order valence-electron chi connectivity index (χ1n) is 6.38. The third kappa shape index (κ3) is 2.14. The lowest BCUT2D eigenvalue weighted by molar-refractivity contribution is 1.12. The molecule has 0 saturated heterocycles. The van der Waals surface area contributed by atoms with Crippen molar-refractivity contribution in [2.24, 2.45) is 0 Å². The first kappa shape index (κ1) is 12.3. The zero-order valence-electron chi connectivity index (χ0n) is 11.4. The minimum Gasteiger partial charge on any atom is -0.373 e. The summed E-state index contributed by atoms with van der Waals surface area (Å²) in [6, 6.07) is 8.09. The number of pyridine rings is 1. The quantitative estimate of drug-likeness (QED) is 0.761. The second-order valence-corrected chi connectivity index (χ2v) is 4.47. The van der Waals surface area contributed by atoms with Gasteiger partial charge in [-0.25, -0.2) is 9.97 Å². The van der Waals surface area contributed by atoms with Crippen LogP contribution in [-0.4, -0.2) is 22.0 Å². The van der Waals surface area contributed by atoms with E-state index in [0.29, 0.717) is 0 Å². The van der Waals surface area contributed by atoms with Crippen LogP contribution in [0.4, 0.5) is 17.3 Å². The molecule has 0 fully saturated rings. The predicted octanol–water partition coefficient (Wildman–Crippen LogP) is 3.12. The van der Waals surface area contributed by atoms with Crippen LogP contribution in [0.15, 0.2) is 43.0 Å². The van der Waals surface area contributed by atoms with Gasteiger partial charge in [-0.2, -0.15) is 0 Å². The lowest BCUT2D eigenvalue weighted by Gasteiger charge is -2.12. The van der Waals surface area contributed by atoms with Crippen molar-refractivity contribution < 1.29 is 0 Å². The van der Waals surface area contributed by atoms with Gasteiger partial charge in [0.25, 0.3) is 0 Å². The number of aromatic nitrogens is 3. The summed E-state index contributed by atoms with van der Waals surface area (Å²) in [5.74, 6) is 1.61. The van der Waals surface area contributed by atoms with E-state index in [-0.39, 0.29) is 0 Å². The van der Waals surface area contributed by atoms with Crippen LogP contribution in [0.25, 0.3) is 10.8 Å². The molecule has 5 heteroatoms. The van der Waals surface area contributed by atoms with E-state index in [9.17, 15) is 0 Å². The van der Waals surface area contributed by atoms with Gasteiger partial charge < -0.3 is 10.6 Å². The summed E-state index contributed by atoms with van der Waals surface area (Å²) in [6.07, 6.45) is 5.19. The molecule has 2 aromatic heterocycles. The van der Waals surface area contributed by atoms with Crippen molar-refractivity contribution in [3.8, 4) is 0 Å². The molecule has 0 aliphatic rings. The van der Waals surface area contributed by atoms with Gasteiger partial charge in [0.05, 0.1) is 0 Å². The molecule has 3 rings (SSSR count). The third-order valence-electron chi connectivity index (χ3n) is 3.26. The number of nitrogens with one attached hydrogen (secondary N) is 2. The van der Waals surface area contributed by atoms with E-state index < -0.39 is 0 Å². The molecule has 0 atom stereocenters. The van der Waals surface area contributed by atoms with Gasteiger partial charge in [-0.05, 0) is 24.4 Å². The van der Waals surface area contributed by atoms with Crippen molar-refractivity contribution in [3.05, 3.63) is 48.5 Å². The van der Waals surface area contributed by atoms with E-state index >= 15 is 0 Å². The molecule has 0 aliphatic heterocycles. The molecule has 0 unspecified atom stereocenters. The lowest BCUT2D eigenvalue weighted by atomic mass is 10.1. The average molecular weight is 265 g/mol. The molecule has 5 nitrogen and oxygen atoms in total. The predicted molar refractivity (Wildman–Crippen MR) is 81.3 cm³/mol. The summed E-state index contributed by atoms with van der Waals surface area (Å²) >= 11 is 0. The largest absolute Gasteiger partial charge is 0.373 e. The Morgan fingerprint density at radius 1 is 1.05 bits per heavy atom. The minimum absolute atomic E-state index is 0.792. The van der Waals surface area contributed by atoms with Crippen LogP contribution >= 0.6 is 0 Å². The molecule has 0 bridgehead atoms. The molecular formula is C15H15N5. The van der Waals surface area contributed by atoms with Crippen molar-refractivity contribution in [1.29, 1.82) is 0 Å². The summed E-state index contributed by atoms with van der Waals surface area (Å²) < 4.78 is 0. The second-order valence-electron chi connectivity index (χ2n) is 4.47. The van der Waals surface area contributed by atoms with Crippen LogP contribution in [0.2, 0.25) is 0 Å². The summed E-state index contributed by atoms with van der Waals surface area (Å²) in [4.78, 5) is 12.7. The van der Waals surface area contributed by atoms with Gasteiger partial charge >= 0.3 is 0 Å². The Morgan fingerprint density at radius 3 is 2.75 bits per heavy atom. The Balaban J connectivity index is 2.06. The molecule has 20 heavy (non-hydrogen) atoms. The topological polar surface area (TPSA) is 62.7 Å². The van der Waals surface area contributed by atoms with Crippen LogP contribution < -0.4 is 10.6 Å². The van der Waals surface area contributed by atoms with Crippen LogP contribution in [0.3, 0.4) is 0 Å². The van der Waals surface area contributed by atoms with Crippen LogP contribution in [-0.2, 0) is 0 Å². The molecule has 2 heterocycles. The number of anilines is 3. The van der Waals surface area contributed by atoms with Crippen molar-refractivity contribution in [3.63, 3.8) is 0 Å². The molecule has 0 saturated carbocycles. The molecule has 0 spiro atoms. The number of hydrogen-bond acceptors (Lipinski definition) is 5. The molecular weight excluding hydrogens is 250 g/mol. The van der Waals surface area contributed by atoms with E-state index in [4.69, 9.17) is 0 Å². The molecule has 0 amide bonds. The lowest BCUT2D eigenvalue weighted by Crippen LogP contribution is -2.02. The van der Waals surface area contributed by atoms with E-state index in [1.165, 1.54) is 0 Å². The van der Waals surface area contributed by atoms with E-state index in [0.717, 1.165) is 33.7 Å². The maximum atomic E-state index is 4.31. The Labute approximate surface area is 117 Å². The first-order chi connectivity index (χ1) is 9.79. The van der Waals surface area contributed by atoms with Gasteiger partial charge in [-0.1, -0.05) is 12.1 Å². The van der Waals surface area contributed by atoms with Gasteiger partial charge in [0.2, 0.25) is 0 Å². The molecule has 0 aliphatic carbocycles. The number of hydrogen-bond donors (Lipinski definition) is 2. The number of nitrogens with zero attached hydrogens (tertiary/aromatic N) is 3. The molecule has 100 valence electrons. The normalized spacial score (nSPS) is 10.5. The highest BCUT2D eigenvalue weighted by Gasteiger charge is 2.07. The van der Waals surface area contributed by atoms with Crippen LogP contribution in [0.5, 0.6) is 0 Å². The Morgan fingerprint density at radius 2 is 1.90 bits per heavy atom. The maximum absolute atomic E-state index is 4.31. The smallest absolute Gasteiger partial charge is 0.138 e. The van der Waals surface area contributed by atoms with E-state index in [1.54, 1.807) is 12.5 Å². The zero-order chi connectivity index (χ0) is 13.9. The van der Waals surface area contributed by atoms with Crippen molar-refractivity contribution >= 4 is 28.1 Å². The van der Waals surface area contributed by atoms with Gasteiger partial charge in [0, 0.05) is 36.1 Å². The van der Waals surface area contributed by atoms with Gasteiger partial charge in [-0.3, -0.25) is 4.98 Å². The Kier molecular flexibility index (Phi) is 3.16. The molecule has 2 N–H and O–H groups in total. The average Bonchev–Trinajstić information content (AvgIpc) is 2.50. The fourth-order valence-corrected chi connectivity index (χ4v) is 2.18. The highest BCUT2D eigenvalue weighted by molar-refractivity contribution is 5.94. The fourth-order valence-electron chi connectivity index (χ4n) is 2.18. The second kappa shape index (κ2) is 5.13. The SMILES string of the molecule is CNc1ncnc(Nc2cccc3ccncc23)c1C. The minimum atomic E-state index is 0.792. The van der Waals surface area contributed by atoms with Crippen LogP contribution in [0.1, 0.15) is 5.56 Å². The first-order valence-corrected chi connectivity index (χ1v) is 6.38. The number of benzene rings is 1. The van der Waals surface area contributed by atoms with Crippen molar-refractivity contribution in [2.75, 3.05) is 17.7 Å². The molecule has 3 aromatic rings. The fraction of sp³-hybridized carbons (Fsp3) is 0.133. The molecule has 0 radical (unpaired) electrons. The summed E-state index contributed by atoms with van der Waals surface area (Å²) in [6.45, 7) is 1.98. The summed E-state index contributed by atoms with van der Waals surface area (Å²) in [5, 5.41) is 8.63. The van der Waals surface area contributed by atoms with Gasteiger partial charge in [0.1, 0.15) is 18.0 Å². The zero-order valence-corrected chi connectivity index (χ0v) is 11.4. The highest BCUT2D eigenvalue weighted by Crippen LogP contribution is 2.27. The monoisotopic (exact) mass is 265 g/mol. The Bertz CT molecular complexity index is 749. The maximum Gasteiger partial charge on any atom is 0.138 e. The van der Waals surface area contributed by atoms with Crippen molar-refractivity contribution in [2.45, 2.75) is 6.92 Å². The third-order valence-corrected chi connectivity index (χ3v) is 3.26. The van der Waals surface area contributed by atoms with Gasteiger partial charge in [0.15, 0.2) is 0 Å². The van der Waals surface area contributed by atoms with Crippen LogP contribution in [0, 0.1) is 6.92 Å². The summed E-state index contributed by atoms with van der Waals surface area (Å²) in [7, 11) is 1.85. The standard InChI is InChI=1S/C15H15N5/c1-10-14(16-2)18-9-19-15(10)20-13-5-3-4-11-6-7-17-8-12(11)13/h3-9H,1-2H3,(H2,16,18,19,20). The number of rotatable bonds is 3. The van der Waals surface area contributed by atoms with E-state index in [1.807, 2.05) is 38.4 Å². The summed E-state index contributed by atoms with van der Waals surface area (Å²) in [5.41, 5.74) is 1.97. The number of fused-ring (bicyclic) bond motifs is 1. The molecule has 1 aromatic carbocycles. The van der Waals surface area contributed by atoms with Gasteiger partial charge in [-0.15, -0.1) is 0 Å².